The van der Waals surface area contributed by atoms with E-state index in [1.165, 1.54) is 4.57 Å². The number of fused-ring (bicyclic) bond motifs is 1. The van der Waals surface area contributed by atoms with Crippen LogP contribution < -0.4 is 0 Å². The number of aliphatic carboxylic acids is 1. The highest BCUT2D eigenvalue weighted by molar-refractivity contribution is 5.75. The van der Waals surface area contributed by atoms with Gasteiger partial charge in [-0.3, -0.25) is 4.79 Å². The molecule has 2 rings (SSSR count). The molecule has 0 radical (unpaired) electrons. The van der Waals surface area contributed by atoms with Gasteiger partial charge in [0.1, 0.15) is 11.7 Å². The number of imidazole rings is 1. The van der Waals surface area contributed by atoms with E-state index in [0.717, 1.165) is 6.20 Å². The fourth-order valence-electron chi connectivity index (χ4n) is 1.85. The number of aryl methyl sites for hydroxylation is 1. The highest BCUT2D eigenvalue weighted by atomic mass is 19.4. The lowest BCUT2D eigenvalue weighted by Gasteiger charge is -2.19. The van der Waals surface area contributed by atoms with Crippen molar-refractivity contribution >= 4 is 5.97 Å². The molecule has 1 aliphatic rings. The van der Waals surface area contributed by atoms with E-state index in [-0.39, 0.29) is 5.82 Å². The van der Waals surface area contributed by atoms with Crippen LogP contribution in [0.15, 0.2) is 6.20 Å². The molecular formula is C9H9F3N2O2. The number of aromatic nitrogens is 2. The highest BCUT2D eigenvalue weighted by Crippen LogP contribution is 2.33. The number of rotatable bonds is 1. The predicted molar refractivity (Wildman–Crippen MR) is 46.8 cm³/mol. The summed E-state index contributed by atoms with van der Waals surface area (Å²) in [5, 5.41) is 8.86. The van der Waals surface area contributed by atoms with Gasteiger partial charge >= 0.3 is 12.1 Å². The maximum atomic E-state index is 12.4. The molecule has 0 aromatic carbocycles. The Morgan fingerprint density at radius 3 is 2.81 bits per heavy atom. The van der Waals surface area contributed by atoms with Gasteiger partial charge in [0.2, 0.25) is 0 Å². The Bertz CT molecular complexity index is 425. The third kappa shape index (κ3) is 1.77. The lowest BCUT2D eigenvalue weighted by Crippen LogP contribution is -2.22. The Balaban J connectivity index is 2.42. The summed E-state index contributed by atoms with van der Waals surface area (Å²) in [6, 6.07) is 0. The average molecular weight is 234 g/mol. The molecule has 2 heterocycles. The second-order valence-corrected chi connectivity index (χ2v) is 3.71. The first kappa shape index (κ1) is 11.0. The van der Waals surface area contributed by atoms with E-state index in [0.29, 0.717) is 19.4 Å². The van der Waals surface area contributed by atoms with Gasteiger partial charge in [0.05, 0.1) is 0 Å². The molecule has 0 fully saturated rings. The molecule has 1 aliphatic heterocycles. The number of hydrogen-bond acceptors (Lipinski definition) is 2. The number of alkyl halides is 3. The molecular weight excluding hydrogens is 225 g/mol. The molecule has 0 spiro atoms. The molecule has 0 bridgehead atoms. The fourth-order valence-corrected chi connectivity index (χ4v) is 1.85. The second kappa shape index (κ2) is 3.50. The Morgan fingerprint density at radius 1 is 1.56 bits per heavy atom. The quantitative estimate of drug-likeness (QED) is 0.806. The highest BCUT2D eigenvalue weighted by Gasteiger charge is 2.37. The summed E-state index contributed by atoms with van der Waals surface area (Å²) in [5.74, 6) is -2.05. The van der Waals surface area contributed by atoms with Gasteiger partial charge < -0.3 is 9.67 Å². The van der Waals surface area contributed by atoms with Crippen molar-refractivity contribution in [2.75, 3.05) is 0 Å². The second-order valence-electron chi connectivity index (χ2n) is 3.71. The van der Waals surface area contributed by atoms with Crippen molar-refractivity contribution in [2.24, 2.45) is 0 Å². The molecule has 0 aliphatic carbocycles. The van der Waals surface area contributed by atoms with Crippen LogP contribution >= 0.6 is 0 Å². The Morgan fingerprint density at radius 2 is 2.25 bits per heavy atom. The summed E-state index contributed by atoms with van der Waals surface area (Å²) in [7, 11) is 0. The van der Waals surface area contributed by atoms with E-state index in [9.17, 15) is 18.0 Å². The maximum absolute atomic E-state index is 12.4. The van der Waals surface area contributed by atoms with Crippen molar-refractivity contribution in [1.29, 1.82) is 0 Å². The molecule has 0 saturated heterocycles. The van der Waals surface area contributed by atoms with Crippen molar-refractivity contribution in [3.63, 3.8) is 0 Å². The summed E-state index contributed by atoms with van der Waals surface area (Å²) in [4.78, 5) is 14.2. The molecule has 0 unspecified atom stereocenters. The Kier molecular flexibility index (Phi) is 2.40. The van der Waals surface area contributed by atoms with Gasteiger partial charge in [0.25, 0.3) is 0 Å². The zero-order valence-corrected chi connectivity index (χ0v) is 8.16. The Hall–Kier alpha value is -1.53. The minimum atomic E-state index is -4.52. The van der Waals surface area contributed by atoms with Crippen LogP contribution in [0.3, 0.4) is 0 Å². The van der Waals surface area contributed by atoms with E-state index >= 15 is 0 Å². The van der Waals surface area contributed by atoms with Crippen LogP contribution in [0.25, 0.3) is 0 Å². The third-order valence-electron chi connectivity index (χ3n) is 2.60. The van der Waals surface area contributed by atoms with Crippen LogP contribution in [0.1, 0.15) is 30.3 Å². The van der Waals surface area contributed by atoms with Gasteiger partial charge in [0, 0.05) is 12.7 Å². The molecule has 1 atom stereocenters. The van der Waals surface area contributed by atoms with Gasteiger partial charge in [-0.05, 0) is 12.8 Å². The number of halogens is 3. The molecule has 4 nitrogen and oxygen atoms in total. The molecule has 1 N–H and O–H groups in total. The number of carboxylic acid groups (broad SMARTS) is 1. The number of carbonyl (C=O) groups is 1. The Labute approximate surface area is 88.7 Å². The third-order valence-corrected chi connectivity index (χ3v) is 2.60. The van der Waals surface area contributed by atoms with Crippen molar-refractivity contribution in [3.05, 3.63) is 17.7 Å². The molecule has 0 saturated carbocycles. The van der Waals surface area contributed by atoms with Crippen molar-refractivity contribution < 1.29 is 23.1 Å². The van der Waals surface area contributed by atoms with Gasteiger partial charge in [-0.25, -0.2) is 4.98 Å². The predicted octanol–water partition coefficient (Wildman–Crippen LogP) is 1.86. The summed E-state index contributed by atoms with van der Waals surface area (Å²) < 4.78 is 38.4. The maximum Gasteiger partial charge on any atom is 0.434 e. The molecule has 1 aromatic rings. The number of nitrogens with zero attached hydrogens (tertiary/aromatic N) is 2. The van der Waals surface area contributed by atoms with E-state index in [1.54, 1.807) is 0 Å². The van der Waals surface area contributed by atoms with Gasteiger partial charge in [-0.2, -0.15) is 13.2 Å². The van der Waals surface area contributed by atoms with E-state index < -0.39 is 23.8 Å². The van der Waals surface area contributed by atoms with E-state index in [2.05, 4.69) is 4.98 Å². The lowest BCUT2D eigenvalue weighted by atomic mass is 9.99. The van der Waals surface area contributed by atoms with Crippen LogP contribution in [-0.2, 0) is 17.5 Å². The van der Waals surface area contributed by atoms with Crippen LogP contribution in [0.4, 0.5) is 13.2 Å². The fraction of sp³-hybridized carbons (Fsp3) is 0.556. The minimum absolute atomic E-state index is 0.00563. The van der Waals surface area contributed by atoms with Crippen LogP contribution in [0.5, 0.6) is 0 Å². The smallest absolute Gasteiger partial charge is 0.434 e. The van der Waals surface area contributed by atoms with Crippen molar-refractivity contribution in [3.8, 4) is 0 Å². The zero-order chi connectivity index (χ0) is 11.9. The van der Waals surface area contributed by atoms with Crippen molar-refractivity contribution in [2.45, 2.75) is 31.5 Å². The zero-order valence-electron chi connectivity index (χ0n) is 8.16. The van der Waals surface area contributed by atoms with Crippen LogP contribution in [0, 0.1) is 0 Å². The number of carboxylic acids is 1. The SMILES string of the molecule is O=C(O)[C@@H]1CCCn2cc(C(F)(F)F)nc21. The first-order valence-corrected chi connectivity index (χ1v) is 4.76. The van der Waals surface area contributed by atoms with Gasteiger partial charge in [0.15, 0.2) is 5.69 Å². The normalized spacial score (nSPS) is 20.6. The summed E-state index contributed by atoms with van der Waals surface area (Å²) in [6.07, 6.45) is -2.75. The van der Waals surface area contributed by atoms with Gasteiger partial charge in [-0.15, -0.1) is 0 Å². The van der Waals surface area contributed by atoms with Crippen LogP contribution in [-0.4, -0.2) is 20.6 Å². The van der Waals surface area contributed by atoms with Crippen LogP contribution in [0.2, 0.25) is 0 Å². The first-order chi connectivity index (χ1) is 7.39. The molecule has 16 heavy (non-hydrogen) atoms. The molecule has 1 aromatic heterocycles. The average Bonchev–Trinajstić information content (AvgIpc) is 2.59. The summed E-state index contributed by atoms with van der Waals surface area (Å²) in [6.45, 7) is 0.391. The van der Waals surface area contributed by atoms with E-state index in [4.69, 9.17) is 5.11 Å². The first-order valence-electron chi connectivity index (χ1n) is 4.76. The molecule has 7 heteroatoms. The van der Waals surface area contributed by atoms with E-state index in [1.807, 2.05) is 0 Å². The monoisotopic (exact) mass is 234 g/mol. The minimum Gasteiger partial charge on any atom is -0.481 e. The molecule has 0 amide bonds. The summed E-state index contributed by atoms with van der Waals surface area (Å²) >= 11 is 0. The largest absolute Gasteiger partial charge is 0.481 e. The lowest BCUT2D eigenvalue weighted by molar-refractivity contribution is -0.142. The summed E-state index contributed by atoms with van der Waals surface area (Å²) in [5.41, 5.74) is -1.02. The topological polar surface area (TPSA) is 55.1 Å². The van der Waals surface area contributed by atoms with Crippen molar-refractivity contribution in [1.82, 2.24) is 9.55 Å². The van der Waals surface area contributed by atoms with Gasteiger partial charge in [-0.1, -0.05) is 0 Å². The molecule has 88 valence electrons. The standard InChI is InChI=1S/C9H9F3N2O2/c10-9(11,12)6-4-14-3-1-2-5(8(15)16)7(14)13-6/h4-5H,1-3H2,(H,15,16)/t5-/m1/s1. The number of hydrogen-bond donors (Lipinski definition) is 1.